The second kappa shape index (κ2) is 50.0. The van der Waals surface area contributed by atoms with Gasteiger partial charge in [0.2, 0.25) is 0 Å². The average Bonchev–Trinajstić information content (AvgIpc) is 3.17. The summed E-state index contributed by atoms with van der Waals surface area (Å²) < 4.78 is 21.7. The van der Waals surface area contributed by atoms with Crippen molar-refractivity contribution in [2.24, 2.45) is 0 Å². The first-order chi connectivity index (χ1) is 27.4. The highest BCUT2D eigenvalue weighted by Gasteiger charge is 2.09. The lowest BCUT2D eigenvalue weighted by molar-refractivity contribution is -0.151. The third kappa shape index (κ3) is 52.9. The fraction of sp³-hybridized carbons (Fsp3) is 0.960. The Morgan fingerprint density at radius 1 is 0.357 bits per heavy atom. The van der Waals surface area contributed by atoms with Crippen molar-refractivity contribution >= 4 is 11.9 Å². The number of hydrogen-bond acceptors (Lipinski definition) is 6. The summed E-state index contributed by atoms with van der Waals surface area (Å²) in [6, 6.07) is 0. The lowest BCUT2D eigenvalue weighted by Gasteiger charge is -2.13. The number of esters is 2. The second-order valence-electron chi connectivity index (χ2n) is 16.9. The van der Waals surface area contributed by atoms with E-state index < -0.39 is 0 Å². The van der Waals surface area contributed by atoms with Crippen LogP contribution >= 0.6 is 0 Å². The zero-order valence-corrected chi connectivity index (χ0v) is 38.9. The molecule has 0 saturated heterocycles. The highest BCUT2D eigenvalue weighted by Crippen LogP contribution is 2.15. The number of carbonyl (C=O) groups is 2. The fourth-order valence-corrected chi connectivity index (χ4v) is 7.16. The Balaban J connectivity index is 0. The monoisotopic (exact) mass is 797 g/mol. The number of ether oxygens (including phenoxy) is 4. The Morgan fingerprint density at radius 2 is 0.607 bits per heavy atom. The van der Waals surface area contributed by atoms with Gasteiger partial charge in [-0.15, -0.1) is 0 Å². The van der Waals surface area contributed by atoms with E-state index in [-0.39, 0.29) is 24.1 Å². The van der Waals surface area contributed by atoms with Gasteiger partial charge in [-0.3, -0.25) is 9.59 Å². The van der Waals surface area contributed by atoms with Crippen molar-refractivity contribution in [2.75, 3.05) is 26.4 Å². The maximum atomic E-state index is 12.0. The quantitative estimate of drug-likeness (QED) is 0.0452. The first-order valence-electron chi connectivity index (χ1n) is 24.9. The van der Waals surface area contributed by atoms with E-state index in [1.54, 1.807) is 0 Å². The summed E-state index contributed by atoms with van der Waals surface area (Å²) in [5, 5.41) is 0. The van der Waals surface area contributed by atoms with Crippen LogP contribution in [0.1, 0.15) is 273 Å². The molecule has 336 valence electrons. The van der Waals surface area contributed by atoms with E-state index in [0.717, 1.165) is 38.9 Å². The lowest BCUT2D eigenvalue weighted by Crippen LogP contribution is -2.20. The van der Waals surface area contributed by atoms with Gasteiger partial charge in [-0.2, -0.15) is 0 Å². The molecule has 0 rings (SSSR count). The Kier molecular flexibility index (Phi) is 50.9. The third-order valence-corrected chi connectivity index (χ3v) is 10.7. The highest BCUT2D eigenvalue weighted by molar-refractivity contribution is 5.69. The maximum absolute atomic E-state index is 12.0. The third-order valence-electron chi connectivity index (χ3n) is 10.7. The van der Waals surface area contributed by atoms with Crippen molar-refractivity contribution in [3.8, 4) is 0 Å². The van der Waals surface area contributed by atoms with Gasteiger partial charge < -0.3 is 18.9 Å². The predicted octanol–water partition coefficient (Wildman–Crippen LogP) is 16.0. The van der Waals surface area contributed by atoms with Gasteiger partial charge in [0.1, 0.15) is 12.2 Å². The van der Waals surface area contributed by atoms with Crippen molar-refractivity contribution in [2.45, 2.75) is 285 Å². The minimum Gasteiger partial charge on any atom is -0.460 e. The largest absolute Gasteiger partial charge is 0.460 e. The molecule has 0 bridgehead atoms. The van der Waals surface area contributed by atoms with Gasteiger partial charge in [0.25, 0.3) is 0 Å². The molecule has 0 aromatic rings. The van der Waals surface area contributed by atoms with E-state index in [1.165, 1.54) is 206 Å². The molecule has 2 atom stereocenters. The summed E-state index contributed by atoms with van der Waals surface area (Å²) in [4.78, 5) is 22.7. The van der Waals surface area contributed by atoms with Crippen LogP contribution < -0.4 is 0 Å². The van der Waals surface area contributed by atoms with Gasteiger partial charge in [0, 0.05) is 26.6 Å². The van der Waals surface area contributed by atoms with Crippen LogP contribution in [0.3, 0.4) is 0 Å². The first kappa shape index (κ1) is 57.0. The van der Waals surface area contributed by atoms with Gasteiger partial charge in [-0.25, -0.2) is 0 Å². The molecule has 0 N–H and O–H groups in total. The average molecular weight is 797 g/mol. The Labute approximate surface area is 350 Å². The van der Waals surface area contributed by atoms with Crippen LogP contribution in [0.25, 0.3) is 0 Å². The molecule has 6 heteroatoms. The smallest absolute Gasteiger partial charge is 0.306 e. The molecule has 0 fully saturated rings. The van der Waals surface area contributed by atoms with Crippen LogP contribution in [0, 0.1) is 0 Å². The molecular formula is C50H100O6. The normalized spacial score (nSPS) is 12.2. The Bertz CT molecular complexity index is 758. The van der Waals surface area contributed by atoms with Crippen LogP contribution in [0.5, 0.6) is 0 Å². The summed E-state index contributed by atoms with van der Waals surface area (Å²) in [6.07, 6.45) is 47.2. The summed E-state index contributed by atoms with van der Waals surface area (Å²) in [6.45, 7) is 14.7. The van der Waals surface area contributed by atoms with E-state index in [2.05, 4.69) is 20.8 Å². The first-order valence-corrected chi connectivity index (χ1v) is 24.9. The number of rotatable bonds is 44. The molecule has 2 unspecified atom stereocenters. The van der Waals surface area contributed by atoms with E-state index in [9.17, 15) is 9.59 Å². The molecular weight excluding hydrogens is 697 g/mol. The standard InChI is InChI=1S/C31H62O3.C19H38O3/c1-4-6-8-10-12-14-16-18-20-22-24-26-28-33-29-30(3)34-31(32)27-25-23-21-19-17-15-13-11-9-7-5-2;1-4-5-6-7-8-9-10-11-12-13-14-15-16-21-17-18(2)22-19(3)20/h30H,4-29H2,1-3H3;18H,4-17H2,1-3H3. The van der Waals surface area contributed by atoms with Crippen molar-refractivity contribution in [3.63, 3.8) is 0 Å². The minimum atomic E-state index is -0.235. The summed E-state index contributed by atoms with van der Waals surface area (Å²) >= 11 is 0. The van der Waals surface area contributed by atoms with Crippen molar-refractivity contribution in [1.82, 2.24) is 0 Å². The molecule has 0 aliphatic rings. The summed E-state index contributed by atoms with van der Waals surface area (Å²) in [7, 11) is 0. The second-order valence-corrected chi connectivity index (χ2v) is 16.9. The Hall–Kier alpha value is -1.14. The molecule has 0 saturated carbocycles. The predicted molar refractivity (Wildman–Crippen MR) is 242 cm³/mol. The van der Waals surface area contributed by atoms with E-state index in [1.807, 2.05) is 13.8 Å². The van der Waals surface area contributed by atoms with Crippen molar-refractivity contribution in [1.29, 1.82) is 0 Å². The molecule has 0 aromatic heterocycles. The van der Waals surface area contributed by atoms with E-state index >= 15 is 0 Å². The van der Waals surface area contributed by atoms with Crippen LogP contribution in [0.2, 0.25) is 0 Å². The van der Waals surface area contributed by atoms with Gasteiger partial charge in [-0.05, 0) is 33.1 Å². The molecule has 0 aliphatic carbocycles. The summed E-state index contributed by atoms with van der Waals surface area (Å²) in [5.74, 6) is -0.293. The van der Waals surface area contributed by atoms with Crippen molar-refractivity contribution in [3.05, 3.63) is 0 Å². The molecule has 6 nitrogen and oxygen atoms in total. The van der Waals surface area contributed by atoms with Crippen molar-refractivity contribution < 1.29 is 28.5 Å². The fourth-order valence-electron chi connectivity index (χ4n) is 7.16. The van der Waals surface area contributed by atoms with Gasteiger partial charge in [-0.1, -0.05) is 226 Å². The molecule has 0 aromatic carbocycles. The lowest BCUT2D eigenvalue weighted by atomic mass is 10.1. The Morgan fingerprint density at radius 3 is 0.893 bits per heavy atom. The molecule has 0 spiro atoms. The van der Waals surface area contributed by atoms with Crippen LogP contribution in [-0.2, 0) is 28.5 Å². The number of unbranched alkanes of at least 4 members (excludes halogenated alkanes) is 32. The molecule has 0 aliphatic heterocycles. The molecule has 56 heavy (non-hydrogen) atoms. The highest BCUT2D eigenvalue weighted by atomic mass is 16.6. The van der Waals surface area contributed by atoms with E-state index in [4.69, 9.17) is 18.9 Å². The van der Waals surface area contributed by atoms with Gasteiger partial charge >= 0.3 is 11.9 Å². The zero-order valence-electron chi connectivity index (χ0n) is 38.9. The topological polar surface area (TPSA) is 71.1 Å². The minimum absolute atomic E-state index is 0.0580. The summed E-state index contributed by atoms with van der Waals surface area (Å²) in [5.41, 5.74) is 0. The van der Waals surface area contributed by atoms with Crippen LogP contribution in [-0.4, -0.2) is 50.6 Å². The number of hydrogen-bond donors (Lipinski definition) is 0. The molecule has 0 radical (unpaired) electrons. The van der Waals surface area contributed by atoms with Gasteiger partial charge in [0.15, 0.2) is 0 Å². The zero-order chi connectivity index (χ0) is 41.4. The molecule has 0 heterocycles. The van der Waals surface area contributed by atoms with Crippen LogP contribution in [0.15, 0.2) is 0 Å². The number of carbonyl (C=O) groups excluding carboxylic acids is 2. The molecule has 0 amide bonds. The maximum Gasteiger partial charge on any atom is 0.306 e. The SMILES string of the molecule is CCCCCCCCCCCCCCOCC(C)OC(=O)CCCCCCCCCCCCC.CCCCCCCCCCCCCCOCC(C)OC(C)=O. The van der Waals surface area contributed by atoms with E-state index in [0.29, 0.717) is 19.6 Å². The van der Waals surface area contributed by atoms with Gasteiger partial charge in [0.05, 0.1) is 13.2 Å². The van der Waals surface area contributed by atoms with Crippen LogP contribution in [0.4, 0.5) is 0 Å².